The molecule has 36 heavy (non-hydrogen) atoms. The van der Waals surface area contributed by atoms with Crippen molar-refractivity contribution in [1.29, 1.82) is 0 Å². The van der Waals surface area contributed by atoms with Gasteiger partial charge >= 0.3 is 5.97 Å². The number of aromatic nitrogens is 3. The molecule has 0 saturated heterocycles. The molecule has 2 N–H and O–H groups in total. The molecule has 0 aliphatic carbocycles. The minimum Gasteiger partial charge on any atom is -0.483 e. The number of carboxylic acid groups (broad SMARTS) is 1. The van der Waals surface area contributed by atoms with Gasteiger partial charge in [0.1, 0.15) is 35.5 Å². The molecule has 10 heteroatoms. The van der Waals surface area contributed by atoms with Gasteiger partial charge in [0.2, 0.25) is 5.43 Å². The number of nitrogens with one attached hydrogen (secondary N) is 1. The van der Waals surface area contributed by atoms with Gasteiger partial charge in [-0.3, -0.25) is 14.2 Å². The van der Waals surface area contributed by atoms with E-state index in [0.717, 1.165) is 5.69 Å². The number of rotatable bonds is 9. The summed E-state index contributed by atoms with van der Waals surface area (Å²) < 4.78 is 13.2. The van der Waals surface area contributed by atoms with E-state index in [1.54, 1.807) is 30.5 Å². The molecule has 4 rings (SSSR count). The minimum absolute atomic E-state index is 0.257. The molecule has 4 aromatic rings. The first-order valence-electron chi connectivity index (χ1n) is 11.5. The van der Waals surface area contributed by atoms with Crippen molar-refractivity contribution < 1.29 is 23.8 Å². The molecule has 2 aromatic heterocycles. The van der Waals surface area contributed by atoms with E-state index in [-0.39, 0.29) is 29.1 Å². The summed E-state index contributed by atoms with van der Waals surface area (Å²) in [4.78, 5) is 37.0. The normalized spacial score (nSPS) is 12.0. The molecule has 1 atom stereocenters. The van der Waals surface area contributed by atoms with Gasteiger partial charge < -0.3 is 19.6 Å². The molecule has 0 aliphatic rings. The maximum absolute atomic E-state index is 13.4. The van der Waals surface area contributed by atoms with Crippen LogP contribution in [0.2, 0.25) is 0 Å². The highest BCUT2D eigenvalue weighted by Crippen LogP contribution is 2.27. The fourth-order valence-electron chi connectivity index (χ4n) is 3.84. The van der Waals surface area contributed by atoms with Crippen LogP contribution in [0, 0.1) is 5.92 Å². The van der Waals surface area contributed by atoms with Gasteiger partial charge in [-0.05, 0) is 36.1 Å². The van der Waals surface area contributed by atoms with Crippen LogP contribution in [0.15, 0.2) is 64.3 Å². The van der Waals surface area contributed by atoms with Crippen LogP contribution in [0.4, 0.5) is 0 Å². The number of aliphatic carboxylic acids is 1. The van der Waals surface area contributed by atoms with E-state index < -0.39 is 17.9 Å². The lowest BCUT2D eigenvalue weighted by atomic mass is 10.0. The van der Waals surface area contributed by atoms with Gasteiger partial charge in [0.25, 0.3) is 5.91 Å². The Morgan fingerprint density at radius 2 is 1.94 bits per heavy atom. The number of carboxylic acids is 1. The lowest BCUT2D eigenvalue weighted by molar-refractivity contribution is -0.143. The molecule has 2 heterocycles. The topological polar surface area (TPSA) is 137 Å². The summed E-state index contributed by atoms with van der Waals surface area (Å²) in [5, 5.41) is 20.2. The minimum atomic E-state index is -1.11. The van der Waals surface area contributed by atoms with E-state index in [9.17, 15) is 19.5 Å². The monoisotopic (exact) mass is 490 g/mol. The van der Waals surface area contributed by atoms with Crippen molar-refractivity contribution in [2.75, 3.05) is 6.61 Å². The van der Waals surface area contributed by atoms with Crippen LogP contribution in [-0.4, -0.2) is 44.4 Å². The SMILES string of the molecule is CCc1cc2c(=O)c(-c3nncn3-c3ccccc3)coc2cc1OCC(=O)N[C@@H](C(=O)O)C(C)C. The maximum Gasteiger partial charge on any atom is 0.326 e. The van der Waals surface area contributed by atoms with Crippen molar-refractivity contribution in [3.8, 4) is 22.8 Å². The third-order valence-corrected chi connectivity index (χ3v) is 5.77. The lowest BCUT2D eigenvalue weighted by Crippen LogP contribution is -2.46. The van der Waals surface area contributed by atoms with Crippen LogP contribution < -0.4 is 15.5 Å². The fraction of sp³-hybridized carbons (Fsp3) is 0.269. The molecular weight excluding hydrogens is 464 g/mol. The maximum atomic E-state index is 13.4. The molecule has 0 saturated carbocycles. The summed E-state index contributed by atoms with van der Waals surface area (Å²) in [5.41, 5.74) is 1.76. The number of para-hydroxylation sites is 1. The van der Waals surface area contributed by atoms with Gasteiger partial charge in [-0.2, -0.15) is 0 Å². The molecule has 1 amide bonds. The van der Waals surface area contributed by atoms with Crippen LogP contribution >= 0.6 is 0 Å². The summed E-state index contributed by atoms with van der Waals surface area (Å²) in [7, 11) is 0. The Hall–Kier alpha value is -4.47. The Labute approximate surface area is 206 Å². The molecular formula is C26H26N4O6. The number of hydrogen-bond donors (Lipinski definition) is 2. The standard InChI is InChI=1S/C26H26N4O6/c1-4-16-10-18-21(11-20(16)36-13-22(31)28-23(15(2)3)26(33)34)35-12-19(24(18)32)25-29-27-14-30(25)17-8-6-5-7-9-17/h5-12,14-15,23H,4,13H2,1-3H3,(H,28,31)(H,33,34)/t23-/m1/s1. The molecule has 0 bridgehead atoms. The highest BCUT2D eigenvalue weighted by molar-refractivity contribution is 5.85. The number of aryl methyl sites for hydroxylation is 1. The Kier molecular flexibility index (Phi) is 7.14. The summed E-state index contributed by atoms with van der Waals surface area (Å²) in [6, 6.07) is 11.6. The summed E-state index contributed by atoms with van der Waals surface area (Å²) in [5.74, 6) is -1.23. The van der Waals surface area contributed by atoms with Gasteiger partial charge in [0.05, 0.1) is 5.39 Å². The Bertz CT molecular complexity index is 1460. The number of ether oxygens (including phenoxy) is 1. The van der Waals surface area contributed by atoms with Gasteiger partial charge in [0.15, 0.2) is 12.4 Å². The summed E-state index contributed by atoms with van der Waals surface area (Å²) >= 11 is 0. The van der Waals surface area contributed by atoms with Gasteiger partial charge in [-0.15, -0.1) is 10.2 Å². The van der Waals surface area contributed by atoms with Crippen molar-refractivity contribution in [2.45, 2.75) is 33.2 Å². The average molecular weight is 491 g/mol. The Morgan fingerprint density at radius 1 is 1.19 bits per heavy atom. The molecule has 0 spiro atoms. The highest BCUT2D eigenvalue weighted by atomic mass is 16.5. The zero-order valence-corrected chi connectivity index (χ0v) is 20.1. The van der Waals surface area contributed by atoms with Crippen molar-refractivity contribution in [3.63, 3.8) is 0 Å². The lowest BCUT2D eigenvalue weighted by Gasteiger charge is -2.18. The number of nitrogens with zero attached hydrogens (tertiary/aromatic N) is 3. The average Bonchev–Trinajstić information content (AvgIpc) is 3.35. The number of fused-ring (bicyclic) bond motifs is 1. The fourth-order valence-corrected chi connectivity index (χ4v) is 3.84. The molecule has 10 nitrogen and oxygen atoms in total. The van der Waals surface area contributed by atoms with E-state index in [4.69, 9.17) is 9.15 Å². The van der Waals surface area contributed by atoms with Crippen molar-refractivity contribution in [1.82, 2.24) is 20.1 Å². The zero-order chi connectivity index (χ0) is 25.8. The molecule has 0 aliphatic heterocycles. The number of amides is 1. The highest BCUT2D eigenvalue weighted by Gasteiger charge is 2.24. The van der Waals surface area contributed by atoms with Crippen LogP contribution in [0.1, 0.15) is 26.3 Å². The van der Waals surface area contributed by atoms with Gasteiger partial charge in [-0.25, -0.2) is 4.79 Å². The van der Waals surface area contributed by atoms with E-state index in [1.165, 1.54) is 12.6 Å². The third-order valence-electron chi connectivity index (χ3n) is 5.77. The van der Waals surface area contributed by atoms with E-state index in [0.29, 0.717) is 28.9 Å². The van der Waals surface area contributed by atoms with Crippen LogP contribution in [-0.2, 0) is 16.0 Å². The summed E-state index contributed by atoms with van der Waals surface area (Å²) in [6.07, 6.45) is 3.39. The van der Waals surface area contributed by atoms with Crippen molar-refractivity contribution in [2.24, 2.45) is 5.92 Å². The van der Waals surface area contributed by atoms with E-state index in [1.807, 2.05) is 37.3 Å². The quantitative estimate of drug-likeness (QED) is 0.365. The summed E-state index contributed by atoms with van der Waals surface area (Å²) in [6.45, 7) is 4.93. The first-order chi connectivity index (χ1) is 17.3. The predicted octanol–water partition coefficient (Wildman–Crippen LogP) is 3.21. The Balaban J connectivity index is 1.63. The zero-order valence-electron chi connectivity index (χ0n) is 20.1. The number of carbonyl (C=O) groups is 2. The van der Waals surface area contributed by atoms with E-state index in [2.05, 4.69) is 15.5 Å². The van der Waals surface area contributed by atoms with Crippen LogP contribution in [0.25, 0.3) is 28.0 Å². The second-order valence-electron chi connectivity index (χ2n) is 8.56. The third kappa shape index (κ3) is 4.97. The van der Waals surface area contributed by atoms with Crippen molar-refractivity contribution >= 4 is 22.8 Å². The molecule has 0 radical (unpaired) electrons. The van der Waals surface area contributed by atoms with Gasteiger partial charge in [0, 0.05) is 11.8 Å². The Morgan fingerprint density at radius 3 is 2.61 bits per heavy atom. The molecule has 0 unspecified atom stereocenters. The van der Waals surface area contributed by atoms with E-state index >= 15 is 0 Å². The second kappa shape index (κ2) is 10.4. The number of hydrogen-bond acceptors (Lipinski definition) is 7. The first kappa shape index (κ1) is 24.6. The molecule has 2 aromatic carbocycles. The smallest absolute Gasteiger partial charge is 0.326 e. The number of carbonyl (C=O) groups excluding carboxylic acids is 1. The second-order valence-corrected chi connectivity index (χ2v) is 8.56. The van der Waals surface area contributed by atoms with Crippen LogP contribution in [0.5, 0.6) is 5.75 Å². The predicted molar refractivity (Wildman–Crippen MR) is 132 cm³/mol. The number of benzene rings is 2. The largest absolute Gasteiger partial charge is 0.483 e. The van der Waals surface area contributed by atoms with Gasteiger partial charge in [-0.1, -0.05) is 39.0 Å². The molecule has 0 fully saturated rings. The first-order valence-corrected chi connectivity index (χ1v) is 11.5. The van der Waals surface area contributed by atoms with Crippen LogP contribution in [0.3, 0.4) is 0 Å². The van der Waals surface area contributed by atoms with Crippen molar-refractivity contribution in [3.05, 3.63) is 70.8 Å². The molecule has 186 valence electrons.